The van der Waals surface area contributed by atoms with Crippen LogP contribution in [0.2, 0.25) is 0 Å². The first-order valence-corrected chi connectivity index (χ1v) is 23.8. The Balaban J connectivity index is 0.967. The third-order valence-corrected chi connectivity index (χ3v) is 14.4. The lowest BCUT2D eigenvalue weighted by Crippen LogP contribution is -2.44. The molecule has 0 amide bonds. The van der Waals surface area contributed by atoms with Crippen LogP contribution in [-0.2, 0) is 5.41 Å². The first-order valence-electron chi connectivity index (χ1n) is 23.8. The van der Waals surface area contributed by atoms with Crippen molar-refractivity contribution in [3.63, 3.8) is 0 Å². The summed E-state index contributed by atoms with van der Waals surface area (Å²) in [4.78, 5) is 10.2. The first-order chi connectivity index (χ1) is 34.2. The van der Waals surface area contributed by atoms with Gasteiger partial charge in [0, 0.05) is 11.8 Å². The molecule has 5 nitrogen and oxygen atoms in total. The summed E-state index contributed by atoms with van der Waals surface area (Å²) in [6.45, 7) is 0. The van der Waals surface area contributed by atoms with E-state index >= 15 is 0 Å². The number of fused-ring (bicyclic) bond motifs is 6. The Morgan fingerprint density at radius 1 is 0.449 bits per heavy atom. The molecule has 4 aliphatic rings. The van der Waals surface area contributed by atoms with Gasteiger partial charge in [-0.3, -0.25) is 10.3 Å². The van der Waals surface area contributed by atoms with Crippen molar-refractivity contribution in [1.29, 1.82) is 0 Å². The summed E-state index contributed by atoms with van der Waals surface area (Å²) >= 11 is 0. The zero-order chi connectivity index (χ0) is 45.7. The van der Waals surface area contributed by atoms with Crippen molar-refractivity contribution in [2.24, 2.45) is 4.99 Å². The summed E-state index contributed by atoms with van der Waals surface area (Å²) in [5.74, 6) is 0.856. The fraction of sp³-hybridized carbons (Fsp3) is 0.0625. The lowest BCUT2D eigenvalue weighted by molar-refractivity contribution is 0.409. The first kappa shape index (κ1) is 40.6. The van der Waals surface area contributed by atoms with Crippen LogP contribution < -0.4 is 16.0 Å². The van der Waals surface area contributed by atoms with Crippen LogP contribution >= 0.6 is 0 Å². The average molecular weight is 886 g/mol. The number of benzene rings is 8. The van der Waals surface area contributed by atoms with E-state index in [-0.39, 0.29) is 18.4 Å². The lowest BCUT2D eigenvalue weighted by Gasteiger charge is -2.34. The van der Waals surface area contributed by atoms with Gasteiger partial charge in [0.1, 0.15) is 18.2 Å². The molecule has 0 saturated heterocycles. The van der Waals surface area contributed by atoms with Crippen LogP contribution in [-0.4, -0.2) is 10.8 Å². The Morgan fingerprint density at radius 2 is 1.09 bits per heavy atom. The maximum atomic E-state index is 5.43. The maximum Gasteiger partial charge on any atom is 0.131 e. The molecule has 3 heterocycles. The number of pyridine rings is 1. The molecule has 0 radical (unpaired) electrons. The SMILES string of the molecule is C1=CC(c2ccc(-c3cc(-c4ccc5c(c4)-c4ccccc4C5(c4ccccc4)c4ccccc4)cc(C4N=C(c5ccccc5)NC(c5ccccc5)N4)c3)cc2)=C2C=Cc3cccnc3C2N1. The van der Waals surface area contributed by atoms with Crippen LogP contribution in [0.15, 0.2) is 254 Å². The number of hydrogen-bond donors (Lipinski definition) is 3. The zero-order valence-electron chi connectivity index (χ0n) is 37.8. The number of dihydropyridines is 1. The number of amidine groups is 1. The number of aliphatic imine (C=N–C) groups is 1. The van der Waals surface area contributed by atoms with Crippen molar-refractivity contribution >= 4 is 17.5 Å². The lowest BCUT2D eigenvalue weighted by atomic mass is 9.67. The molecule has 2 aliphatic heterocycles. The minimum Gasteiger partial charge on any atom is -0.379 e. The molecule has 1 aromatic heterocycles. The van der Waals surface area contributed by atoms with Crippen molar-refractivity contribution in [1.82, 2.24) is 20.9 Å². The van der Waals surface area contributed by atoms with E-state index in [0.717, 1.165) is 61.6 Å². The van der Waals surface area contributed by atoms with Gasteiger partial charge in [0.05, 0.1) is 17.2 Å². The summed E-state index contributed by atoms with van der Waals surface area (Å²) in [7, 11) is 0. The van der Waals surface area contributed by atoms with E-state index in [4.69, 9.17) is 9.98 Å². The highest BCUT2D eigenvalue weighted by Crippen LogP contribution is 2.56. The van der Waals surface area contributed by atoms with E-state index in [1.165, 1.54) is 44.5 Å². The average Bonchev–Trinajstić information content (AvgIpc) is 3.74. The summed E-state index contributed by atoms with van der Waals surface area (Å²) in [6.07, 6.45) is 10.0. The Kier molecular flexibility index (Phi) is 9.95. The summed E-state index contributed by atoms with van der Waals surface area (Å²) in [5.41, 5.74) is 20.7. The number of hydrogen-bond acceptors (Lipinski definition) is 5. The second-order valence-corrected chi connectivity index (χ2v) is 18.2. The monoisotopic (exact) mass is 885 g/mol. The minimum atomic E-state index is -0.469. The molecule has 8 aromatic carbocycles. The molecule has 0 saturated carbocycles. The summed E-state index contributed by atoms with van der Waals surface area (Å²) in [5, 5.41) is 11.2. The van der Waals surface area contributed by atoms with Gasteiger partial charge in [-0.2, -0.15) is 0 Å². The fourth-order valence-corrected chi connectivity index (χ4v) is 11.1. The molecular weight excluding hydrogens is 839 g/mol. The van der Waals surface area contributed by atoms with Crippen molar-refractivity contribution in [3.8, 4) is 33.4 Å². The van der Waals surface area contributed by atoms with Gasteiger partial charge in [-0.15, -0.1) is 0 Å². The van der Waals surface area contributed by atoms with E-state index < -0.39 is 5.41 Å². The van der Waals surface area contributed by atoms with Crippen LogP contribution in [0.3, 0.4) is 0 Å². The second-order valence-electron chi connectivity index (χ2n) is 18.2. The number of nitrogens with one attached hydrogen (secondary N) is 3. The van der Waals surface area contributed by atoms with Crippen LogP contribution in [0.25, 0.3) is 45.0 Å². The highest BCUT2D eigenvalue weighted by molar-refractivity contribution is 5.99. The highest BCUT2D eigenvalue weighted by Gasteiger charge is 2.46. The molecule has 0 fully saturated rings. The van der Waals surface area contributed by atoms with Crippen molar-refractivity contribution in [3.05, 3.63) is 304 Å². The summed E-state index contributed by atoms with van der Waals surface area (Å²) in [6, 6.07) is 79.4. The minimum absolute atomic E-state index is 0.00785. The molecule has 5 heteroatoms. The van der Waals surface area contributed by atoms with Crippen LogP contribution in [0, 0.1) is 0 Å². The number of nitrogens with zero attached hydrogens (tertiary/aromatic N) is 2. The predicted octanol–water partition coefficient (Wildman–Crippen LogP) is 13.8. The fourth-order valence-electron chi connectivity index (χ4n) is 11.1. The molecule has 0 spiro atoms. The van der Waals surface area contributed by atoms with E-state index in [9.17, 15) is 0 Å². The Morgan fingerprint density at radius 3 is 1.84 bits per heavy atom. The van der Waals surface area contributed by atoms with Crippen molar-refractivity contribution < 1.29 is 0 Å². The zero-order valence-corrected chi connectivity index (χ0v) is 37.8. The Hall–Kier alpha value is -8.64. The van der Waals surface area contributed by atoms with E-state index in [0.29, 0.717) is 0 Å². The van der Waals surface area contributed by atoms with E-state index in [1.54, 1.807) is 0 Å². The van der Waals surface area contributed by atoms with Gasteiger partial charge >= 0.3 is 0 Å². The van der Waals surface area contributed by atoms with Gasteiger partial charge in [-0.25, -0.2) is 4.99 Å². The maximum absolute atomic E-state index is 5.43. The standard InChI is InChI=1S/C64H47N5/c1-5-16-45(17-6-1)61-67-62(46-18-7-2-8-19-46)69-63(68-61)50-39-48(42-27-29-43(30-28-42)53-35-37-66-60-55(53)33-31-44-20-15-36-65-59(44)60)38-49(40-50)47-32-34-58-56(41-47)54-25-13-14-26-57(54)64(58,51-21-9-3-10-22-51)52-23-11-4-12-24-52/h1-41,60-61,63,66,68H,(H,67,69). The van der Waals surface area contributed by atoms with Gasteiger partial charge in [0.2, 0.25) is 0 Å². The molecular formula is C64H47N5. The molecule has 69 heavy (non-hydrogen) atoms. The molecule has 13 rings (SSSR count). The second kappa shape index (κ2) is 16.9. The highest BCUT2D eigenvalue weighted by atomic mass is 15.3. The molecule has 3 N–H and O–H groups in total. The molecule has 328 valence electrons. The van der Waals surface area contributed by atoms with Gasteiger partial charge in [0.25, 0.3) is 0 Å². The van der Waals surface area contributed by atoms with Crippen molar-refractivity contribution in [2.75, 3.05) is 0 Å². The van der Waals surface area contributed by atoms with E-state index in [2.05, 4.69) is 253 Å². The molecule has 3 unspecified atom stereocenters. The Bertz CT molecular complexity index is 3480. The van der Waals surface area contributed by atoms with Crippen LogP contribution in [0.5, 0.6) is 0 Å². The van der Waals surface area contributed by atoms with Gasteiger partial charge in [-0.1, -0.05) is 200 Å². The quantitative estimate of drug-likeness (QED) is 0.142. The van der Waals surface area contributed by atoms with Crippen molar-refractivity contribution in [2.45, 2.75) is 23.8 Å². The third-order valence-electron chi connectivity index (χ3n) is 14.4. The van der Waals surface area contributed by atoms with Gasteiger partial charge in [-0.05, 0) is 132 Å². The molecule has 0 bridgehead atoms. The largest absolute Gasteiger partial charge is 0.379 e. The molecule has 9 aromatic rings. The van der Waals surface area contributed by atoms with Gasteiger partial charge in [0.15, 0.2) is 0 Å². The molecule has 3 atom stereocenters. The van der Waals surface area contributed by atoms with E-state index in [1.807, 2.05) is 12.3 Å². The summed E-state index contributed by atoms with van der Waals surface area (Å²) < 4.78 is 0. The smallest absolute Gasteiger partial charge is 0.131 e. The van der Waals surface area contributed by atoms with Crippen LogP contribution in [0.1, 0.15) is 74.1 Å². The number of rotatable bonds is 8. The predicted molar refractivity (Wildman–Crippen MR) is 281 cm³/mol. The number of allylic oxidation sites excluding steroid dienone is 2. The topological polar surface area (TPSA) is 61.3 Å². The van der Waals surface area contributed by atoms with Gasteiger partial charge < -0.3 is 10.6 Å². The number of aromatic nitrogens is 1. The normalized spacial score (nSPS) is 18.2. The third kappa shape index (κ3) is 6.97. The van der Waals surface area contributed by atoms with Crippen LogP contribution in [0.4, 0.5) is 0 Å². The Labute approximate surface area is 403 Å². The molecule has 2 aliphatic carbocycles.